The van der Waals surface area contributed by atoms with Gasteiger partial charge in [-0.05, 0) is 24.1 Å². The average molecular weight is 428 g/mol. The fourth-order valence-electron chi connectivity index (χ4n) is 5.37. The summed E-state index contributed by atoms with van der Waals surface area (Å²) in [5.74, 6) is -0.0840. The van der Waals surface area contributed by atoms with Crippen molar-refractivity contribution in [3.05, 3.63) is 98.6 Å². The quantitative estimate of drug-likeness (QED) is 0.393. The number of nitro benzene ring substituents is 1. The van der Waals surface area contributed by atoms with Crippen LogP contribution in [0.3, 0.4) is 0 Å². The predicted molar refractivity (Wildman–Crippen MR) is 119 cm³/mol. The van der Waals surface area contributed by atoms with E-state index in [2.05, 4.69) is 17.0 Å². The molecule has 1 fully saturated rings. The van der Waals surface area contributed by atoms with Gasteiger partial charge in [-0.25, -0.2) is 9.36 Å². The Labute approximate surface area is 182 Å². The minimum absolute atomic E-state index is 0.00248. The lowest BCUT2D eigenvalue weighted by Gasteiger charge is -2.27. The molecule has 0 spiro atoms. The number of aromatic nitrogens is 2. The highest BCUT2D eigenvalue weighted by molar-refractivity contribution is 5.97. The Kier molecular flexibility index (Phi) is 4.00. The zero-order valence-corrected chi connectivity index (χ0v) is 17.1. The summed E-state index contributed by atoms with van der Waals surface area (Å²) in [6, 6.07) is 19.9. The van der Waals surface area contributed by atoms with E-state index in [4.69, 9.17) is 0 Å². The van der Waals surface area contributed by atoms with Gasteiger partial charge in [-0.3, -0.25) is 19.6 Å². The molecule has 3 heterocycles. The van der Waals surface area contributed by atoms with Crippen LogP contribution in [0.2, 0.25) is 0 Å². The number of fused-ring (bicyclic) bond motifs is 6. The molecule has 1 N–H and O–H groups in total. The second-order valence-electron chi connectivity index (χ2n) is 8.42. The molecule has 1 aromatic heterocycles. The second kappa shape index (κ2) is 6.80. The second-order valence-corrected chi connectivity index (χ2v) is 8.42. The van der Waals surface area contributed by atoms with E-state index in [1.807, 2.05) is 18.2 Å². The van der Waals surface area contributed by atoms with Gasteiger partial charge in [0.15, 0.2) is 0 Å². The molecule has 0 radical (unpaired) electrons. The summed E-state index contributed by atoms with van der Waals surface area (Å²) < 4.78 is 3.00. The lowest BCUT2D eigenvalue weighted by Crippen LogP contribution is -2.34. The summed E-state index contributed by atoms with van der Waals surface area (Å²) in [4.78, 5) is 26.7. The van der Waals surface area contributed by atoms with Gasteiger partial charge < -0.3 is 5.11 Å². The topological polar surface area (TPSA) is 93.5 Å². The highest BCUT2D eigenvalue weighted by Gasteiger charge is 2.47. The van der Waals surface area contributed by atoms with Crippen LogP contribution in [-0.2, 0) is 6.54 Å². The Hall–Kier alpha value is -3.91. The van der Waals surface area contributed by atoms with E-state index in [0.717, 1.165) is 19.5 Å². The zero-order valence-electron chi connectivity index (χ0n) is 17.1. The number of aromatic hydroxyl groups is 1. The van der Waals surface area contributed by atoms with Crippen molar-refractivity contribution in [1.82, 2.24) is 14.0 Å². The first-order valence-corrected chi connectivity index (χ1v) is 10.5. The van der Waals surface area contributed by atoms with Gasteiger partial charge in [0.2, 0.25) is 5.88 Å². The Morgan fingerprint density at radius 1 is 1.00 bits per heavy atom. The van der Waals surface area contributed by atoms with Crippen LogP contribution in [0.15, 0.2) is 71.5 Å². The maximum Gasteiger partial charge on any atom is 0.336 e. The maximum atomic E-state index is 13.4. The minimum Gasteiger partial charge on any atom is -0.493 e. The molecule has 1 saturated heterocycles. The van der Waals surface area contributed by atoms with E-state index in [0.29, 0.717) is 22.2 Å². The maximum absolute atomic E-state index is 13.4. The molecule has 4 aromatic rings. The van der Waals surface area contributed by atoms with Crippen LogP contribution in [0.5, 0.6) is 5.88 Å². The summed E-state index contributed by atoms with van der Waals surface area (Å²) in [7, 11) is 0. The van der Waals surface area contributed by atoms with Gasteiger partial charge in [-0.15, -0.1) is 0 Å². The van der Waals surface area contributed by atoms with Crippen molar-refractivity contribution in [2.75, 3.05) is 6.54 Å². The van der Waals surface area contributed by atoms with E-state index in [1.165, 1.54) is 16.2 Å². The third kappa shape index (κ3) is 2.56. The Morgan fingerprint density at radius 3 is 2.47 bits per heavy atom. The summed E-state index contributed by atoms with van der Waals surface area (Å²) in [5, 5.41) is 23.7. The van der Waals surface area contributed by atoms with Gasteiger partial charge in [0.25, 0.3) is 5.69 Å². The van der Waals surface area contributed by atoms with Crippen LogP contribution >= 0.6 is 0 Å². The van der Waals surface area contributed by atoms with E-state index in [1.54, 1.807) is 34.9 Å². The van der Waals surface area contributed by atoms with Crippen LogP contribution < -0.4 is 5.69 Å². The summed E-state index contributed by atoms with van der Waals surface area (Å²) >= 11 is 0. The highest BCUT2D eigenvalue weighted by Crippen LogP contribution is 2.49. The van der Waals surface area contributed by atoms with Gasteiger partial charge in [0.1, 0.15) is 5.69 Å². The Balaban J connectivity index is 1.48. The molecule has 2 atom stereocenters. The molecule has 2 aliphatic rings. The van der Waals surface area contributed by atoms with E-state index in [9.17, 15) is 20.0 Å². The predicted octanol–water partition coefficient (Wildman–Crippen LogP) is 3.91. The molecule has 8 nitrogen and oxygen atoms in total. The summed E-state index contributed by atoms with van der Waals surface area (Å²) in [6.07, 6.45) is 0.798. The Morgan fingerprint density at radius 2 is 1.72 bits per heavy atom. The van der Waals surface area contributed by atoms with Crippen LogP contribution in [0.1, 0.15) is 29.8 Å². The number of rotatable bonds is 4. The first-order valence-electron chi connectivity index (χ1n) is 10.5. The van der Waals surface area contributed by atoms with E-state index < -0.39 is 4.92 Å². The van der Waals surface area contributed by atoms with Gasteiger partial charge in [-0.1, -0.05) is 48.5 Å². The number of imidazole rings is 1. The molecule has 160 valence electrons. The Bertz CT molecular complexity index is 1440. The molecule has 32 heavy (non-hydrogen) atoms. The normalized spacial score (nSPS) is 19.5. The number of nitrogens with zero attached hydrogens (tertiary/aromatic N) is 4. The number of non-ortho nitro benzene ring substituents is 1. The molecular formula is C24H20N4O4. The fraction of sp³-hybridized carbons (Fsp3) is 0.208. The van der Waals surface area contributed by atoms with Gasteiger partial charge in [-0.2, -0.15) is 0 Å². The SMILES string of the molecule is O=c1n(-c2ccc([N+](=O)[O-])c3ccccc23)c(O)c2n1C1CC2N(Cc2ccccc2)C1. The number of nitro groups is 1. The van der Waals surface area contributed by atoms with Crippen molar-refractivity contribution in [2.45, 2.75) is 25.0 Å². The van der Waals surface area contributed by atoms with Crippen molar-refractivity contribution in [1.29, 1.82) is 0 Å². The number of hydrogen-bond donors (Lipinski definition) is 1. The van der Waals surface area contributed by atoms with Crippen molar-refractivity contribution in [2.24, 2.45) is 0 Å². The molecule has 0 amide bonds. The van der Waals surface area contributed by atoms with E-state index >= 15 is 0 Å². The molecule has 0 saturated carbocycles. The van der Waals surface area contributed by atoms with Crippen molar-refractivity contribution >= 4 is 16.5 Å². The molecule has 2 aliphatic heterocycles. The highest BCUT2D eigenvalue weighted by atomic mass is 16.6. The van der Waals surface area contributed by atoms with Crippen LogP contribution in [0.25, 0.3) is 16.5 Å². The van der Waals surface area contributed by atoms with Crippen molar-refractivity contribution in [3.63, 3.8) is 0 Å². The van der Waals surface area contributed by atoms with Gasteiger partial charge in [0.05, 0.1) is 28.1 Å². The summed E-state index contributed by atoms with van der Waals surface area (Å²) in [5.41, 5.74) is 1.93. The van der Waals surface area contributed by atoms with Gasteiger partial charge >= 0.3 is 5.69 Å². The monoisotopic (exact) mass is 428 g/mol. The number of benzene rings is 3. The summed E-state index contributed by atoms with van der Waals surface area (Å²) in [6.45, 7) is 1.50. The molecular weight excluding hydrogens is 408 g/mol. The van der Waals surface area contributed by atoms with Crippen LogP contribution in [0, 0.1) is 10.1 Å². The molecule has 0 aliphatic carbocycles. The molecule has 2 unspecified atom stereocenters. The third-order valence-corrected chi connectivity index (χ3v) is 6.70. The lowest BCUT2D eigenvalue weighted by atomic mass is 10.1. The minimum atomic E-state index is -0.434. The smallest absolute Gasteiger partial charge is 0.336 e. The molecule has 8 heteroatoms. The van der Waals surface area contributed by atoms with Crippen molar-refractivity contribution in [3.8, 4) is 11.6 Å². The standard InChI is InChI=1S/C24H20N4O4/c29-23-22-21-12-16(14-25(21)13-15-6-2-1-3-7-15)26(22)24(30)27(23)19-10-11-20(28(31)32)18-9-5-4-8-17(18)19/h1-11,16,21,29H,12-14H2. The van der Waals surface area contributed by atoms with Crippen LogP contribution in [0.4, 0.5) is 5.69 Å². The zero-order chi connectivity index (χ0) is 22.0. The lowest BCUT2D eigenvalue weighted by molar-refractivity contribution is -0.383. The third-order valence-electron chi connectivity index (χ3n) is 6.70. The first kappa shape index (κ1) is 18.8. The molecule has 6 rings (SSSR count). The van der Waals surface area contributed by atoms with Crippen molar-refractivity contribution < 1.29 is 10.0 Å². The number of likely N-dealkylation sites (tertiary alicyclic amines) is 1. The molecule has 3 aromatic carbocycles. The van der Waals surface area contributed by atoms with E-state index in [-0.39, 0.29) is 29.3 Å². The number of hydrogen-bond acceptors (Lipinski definition) is 5. The largest absolute Gasteiger partial charge is 0.493 e. The fourth-order valence-corrected chi connectivity index (χ4v) is 5.37. The molecule has 2 bridgehead atoms. The van der Waals surface area contributed by atoms with Gasteiger partial charge in [0, 0.05) is 24.5 Å². The first-order chi connectivity index (χ1) is 15.5. The van der Waals surface area contributed by atoms with Crippen LogP contribution in [-0.4, -0.2) is 30.6 Å². The average Bonchev–Trinajstić information content (AvgIpc) is 3.45.